The van der Waals surface area contributed by atoms with E-state index in [-0.39, 0.29) is 11.7 Å². The first kappa shape index (κ1) is 15.8. The fourth-order valence-electron chi connectivity index (χ4n) is 3.70. The maximum absolute atomic E-state index is 13.3. The Morgan fingerprint density at radius 2 is 1.70 bits per heavy atom. The van der Waals surface area contributed by atoms with Crippen LogP contribution < -0.4 is 0 Å². The average Bonchev–Trinajstić information content (AvgIpc) is 3.36. The van der Waals surface area contributed by atoms with Gasteiger partial charge in [0.05, 0.1) is 11.0 Å². The van der Waals surface area contributed by atoms with Crippen molar-refractivity contribution in [1.82, 2.24) is 9.55 Å². The fraction of sp³-hybridized carbons (Fsp3) is 0.0417. The lowest BCUT2D eigenvalue weighted by Crippen LogP contribution is -1.97. The Morgan fingerprint density at radius 1 is 0.889 bits per heavy atom. The lowest BCUT2D eigenvalue weighted by molar-refractivity contribution is 0.627. The molecule has 27 heavy (non-hydrogen) atoms. The molecule has 1 aromatic heterocycles. The molecule has 1 unspecified atom stereocenters. The van der Waals surface area contributed by atoms with E-state index >= 15 is 0 Å². The number of allylic oxidation sites excluding steroid dienone is 4. The van der Waals surface area contributed by atoms with E-state index in [2.05, 4.69) is 59.6 Å². The molecule has 2 nitrogen and oxygen atoms in total. The van der Waals surface area contributed by atoms with Crippen LogP contribution in [-0.2, 0) is 0 Å². The number of fused-ring (bicyclic) bond motifs is 1. The van der Waals surface area contributed by atoms with Gasteiger partial charge < -0.3 is 0 Å². The SMILES string of the molecule is Fc1ccc(-n2cnc3ccc(C4=CC=CC4c4ccccc4)cc32)cc1. The number of nitrogens with zero attached hydrogens (tertiary/aromatic N) is 2. The summed E-state index contributed by atoms with van der Waals surface area (Å²) < 4.78 is 15.3. The van der Waals surface area contributed by atoms with Crippen LogP contribution in [0.3, 0.4) is 0 Å². The van der Waals surface area contributed by atoms with Gasteiger partial charge in [-0.2, -0.15) is 0 Å². The Bertz CT molecular complexity index is 1170. The molecule has 1 heterocycles. The first-order valence-corrected chi connectivity index (χ1v) is 8.96. The Balaban J connectivity index is 1.59. The number of hydrogen-bond donors (Lipinski definition) is 0. The number of benzene rings is 3. The normalized spacial score (nSPS) is 16.0. The standard InChI is InChI=1S/C24H17FN2/c25-19-10-12-20(13-11-19)27-16-26-23-14-9-18(15-24(23)27)22-8-4-7-21(22)17-5-2-1-3-6-17/h1-16,21H. The number of aromatic nitrogens is 2. The second kappa shape index (κ2) is 6.36. The van der Waals surface area contributed by atoms with Crippen molar-refractivity contribution in [1.29, 1.82) is 0 Å². The lowest BCUT2D eigenvalue weighted by Gasteiger charge is -2.15. The predicted octanol–water partition coefficient (Wildman–Crippen LogP) is 5.90. The predicted molar refractivity (Wildman–Crippen MR) is 107 cm³/mol. The van der Waals surface area contributed by atoms with Crippen molar-refractivity contribution < 1.29 is 4.39 Å². The van der Waals surface area contributed by atoms with E-state index in [9.17, 15) is 4.39 Å². The highest BCUT2D eigenvalue weighted by atomic mass is 19.1. The van der Waals surface area contributed by atoms with Crippen molar-refractivity contribution in [3.63, 3.8) is 0 Å². The Kier molecular flexibility index (Phi) is 3.72. The highest BCUT2D eigenvalue weighted by Crippen LogP contribution is 2.38. The maximum atomic E-state index is 13.3. The summed E-state index contributed by atoms with van der Waals surface area (Å²) in [5, 5.41) is 0. The minimum absolute atomic E-state index is 0.239. The second-order valence-corrected chi connectivity index (χ2v) is 6.69. The third-order valence-electron chi connectivity index (χ3n) is 5.06. The molecular weight excluding hydrogens is 335 g/mol. The van der Waals surface area contributed by atoms with Gasteiger partial charge in [0.15, 0.2) is 0 Å². The Labute approximate surface area is 156 Å². The van der Waals surface area contributed by atoms with Crippen LogP contribution in [0.25, 0.3) is 22.3 Å². The minimum atomic E-state index is -0.239. The van der Waals surface area contributed by atoms with Gasteiger partial charge in [-0.15, -0.1) is 0 Å². The van der Waals surface area contributed by atoms with Crippen LogP contribution >= 0.6 is 0 Å². The summed E-state index contributed by atoms with van der Waals surface area (Å²) in [7, 11) is 0. The van der Waals surface area contributed by atoms with Crippen LogP contribution in [0.4, 0.5) is 4.39 Å². The van der Waals surface area contributed by atoms with Gasteiger partial charge in [0.1, 0.15) is 12.1 Å². The molecule has 0 aliphatic heterocycles. The van der Waals surface area contributed by atoms with Crippen molar-refractivity contribution in [2.24, 2.45) is 0 Å². The molecule has 1 aliphatic rings. The zero-order chi connectivity index (χ0) is 18.2. The van der Waals surface area contributed by atoms with Crippen molar-refractivity contribution >= 4 is 16.6 Å². The van der Waals surface area contributed by atoms with Crippen LogP contribution in [0.1, 0.15) is 17.0 Å². The third-order valence-corrected chi connectivity index (χ3v) is 5.06. The molecule has 130 valence electrons. The van der Waals surface area contributed by atoms with Crippen molar-refractivity contribution in [3.05, 3.63) is 114 Å². The van der Waals surface area contributed by atoms with E-state index in [1.165, 1.54) is 28.8 Å². The van der Waals surface area contributed by atoms with E-state index in [0.29, 0.717) is 0 Å². The monoisotopic (exact) mass is 352 g/mol. The molecule has 5 rings (SSSR count). The molecule has 0 saturated heterocycles. The molecule has 3 heteroatoms. The first-order chi connectivity index (χ1) is 13.3. The smallest absolute Gasteiger partial charge is 0.123 e. The highest BCUT2D eigenvalue weighted by Gasteiger charge is 2.19. The van der Waals surface area contributed by atoms with Crippen LogP contribution in [0.2, 0.25) is 0 Å². The summed E-state index contributed by atoms with van der Waals surface area (Å²) in [5.41, 5.74) is 6.56. The molecule has 0 radical (unpaired) electrons. The largest absolute Gasteiger partial charge is 0.299 e. The molecule has 0 spiro atoms. The van der Waals surface area contributed by atoms with Gasteiger partial charge >= 0.3 is 0 Å². The lowest BCUT2D eigenvalue weighted by atomic mass is 9.89. The first-order valence-electron chi connectivity index (χ1n) is 8.96. The molecule has 1 aliphatic carbocycles. The van der Waals surface area contributed by atoms with Gasteiger partial charge in [0.2, 0.25) is 0 Å². The average molecular weight is 352 g/mol. The third kappa shape index (κ3) is 2.77. The summed E-state index contributed by atoms with van der Waals surface area (Å²) in [5.74, 6) is 0.0163. The maximum Gasteiger partial charge on any atom is 0.123 e. The molecule has 1 atom stereocenters. The van der Waals surface area contributed by atoms with Gasteiger partial charge in [-0.25, -0.2) is 9.37 Å². The molecule has 0 fully saturated rings. The number of imidazole rings is 1. The summed E-state index contributed by atoms with van der Waals surface area (Å²) in [4.78, 5) is 4.50. The number of hydrogen-bond acceptors (Lipinski definition) is 1. The summed E-state index contributed by atoms with van der Waals surface area (Å²) in [6, 6.07) is 23.3. The Morgan fingerprint density at radius 3 is 2.52 bits per heavy atom. The summed E-state index contributed by atoms with van der Waals surface area (Å²) in [6.07, 6.45) is 8.32. The molecule has 0 N–H and O–H groups in total. The number of halogens is 1. The molecule has 0 bridgehead atoms. The van der Waals surface area contributed by atoms with Crippen LogP contribution in [0.15, 0.2) is 97.4 Å². The van der Waals surface area contributed by atoms with Gasteiger partial charge in [-0.05, 0) is 53.1 Å². The van der Waals surface area contributed by atoms with Crippen LogP contribution in [0.5, 0.6) is 0 Å². The quantitative estimate of drug-likeness (QED) is 0.449. The van der Waals surface area contributed by atoms with Crippen molar-refractivity contribution in [2.75, 3.05) is 0 Å². The van der Waals surface area contributed by atoms with Gasteiger partial charge in [0.25, 0.3) is 0 Å². The highest BCUT2D eigenvalue weighted by molar-refractivity contribution is 5.85. The molecule has 0 saturated carbocycles. The van der Waals surface area contributed by atoms with E-state index in [4.69, 9.17) is 0 Å². The van der Waals surface area contributed by atoms with Crippen molar-refractivity contribution in [2.45, 2.75) is 5.92 Å². The summed E-state index contributed by atoms with van der Waals surface area (Å²) >= 11 is 0. The molecule has 3 aromatic carbocycles. The second-order valence-electron chi connectivity index (χ2n) is 6.69. The van der Waals surface area contributed by atoms with E-state index < -0.39 is 0 Å². The molecule has 0 amide bonds. The minimum Gasteiger partial charge on any atom is -0.299 e. The zero-order valence-electron chi connectivity index (χ0n) is 14.6. The van der Waals surface area contributed by atoms with Gasteiger partial charge in [-0.3, -0.25) is 4.57 Å². The summed E-state index contributed by atoms with van der Waals surface area (Å²) in [6.45, 7) is 0. The van der Waals surface area contributed by atoms with E-state index in [1.54, 1.807) is 18.5 Å². The zero-order valence-corrected chi connectivity index (χ0v) is 14.6. The number of rotatable bonds is 3. The van der Waals surface area contributed by atoms with Crippen molar-refractivity contribution in [3.8, 4) is 5.69 Å². The van der Waals surface area contributed by atoms with Crippen LogP contribution in [-0.4, -0.2) is 9.55 Å². The molecular formula is C24H17FN2. The Hall–Kier alpha value is -3.46. The topological polar surface area (TPSA) is 17.8 Å². The van der Waals surface area contributed by atoms with E-state index in [1.807, 2.05) is 16.7 Å². The van der Waals surface area contributed by atoms with E-state index in [0.717, 1.165) is 16.7 Å². The fourth-order valence-corrected chi connectivity index (χ4v) is 3.70. The van der Waals surface area contributed by atoms with Gasteiger partial charge in [0, 0.05) is 11.6 Å². The van der Waals surface area contributed by atoms with Gasteiger partial charge in [-0.1, -0.05) is 54.6 Å². The molecule has 4 aromatic rings. The van der Waals surface area contributed by atoms with Crippen LogP contribution in [0, 0.1) is 5.82 Å².